The molecule has 216 valence electrons. The Labute approximate surface area is 246 Å². The number of carbonyl (C=O) groups is 3. The summed E-state index contributed by atoms with van der Waals surface area (Å²) in [4.78, 5) is 41.6. The lowest BCUT2D eigenvalue weighted by molar-refractivity contribution is 0.0546. The first-order valence-corrected chi connectivity index (χ1v) is 14.7. The van der Waals surface area contributed by atoms with E-state index in [4.69, 9.17) is 4.74 Å². The van der Waals surface area contributed by atoms with Gasteiger partial charge in [0.25, 0.3) is 5.91 Å². The minimum atomic E-state index is -0.690. The van der Waals surface area contributed by atoms with Gasteiger partial charge in [-0.05, 0) is 100 Å². The number of ether oxygens (including phenoxy) is 1. The quantitative estimate of drug-likeness (QED) is 0.260. The van der Waals surface area contributed by atoms with Gasteiger partial charge in [0.2, 0.25) is 0 Å². The highest BCUT2D eigenvalue weighted by molar-refractivity contribution is 6.08. The predicted molar refractivity (Wildman–Crippen MR) is 165 cm³/mol. The number of rotatable bonds is 5. The standard InChI is InChI=1S/C35H37N3O4/c1-22(39)24-9-8-10-25(18-24)27-12-13-28(32-29(27)20-36-33(32)40)31-19-26-17-23(21-37-15-6-5-7-16-37)11-14-30(26)38(31)34(41)42-35(2,3)4/h8-14,17-19H,5-7,15-16,20-21H2,1-4H3,(H,36,40). The minimum absolute atomic E-state index is 0.0131. The number of ketones is 1. The largest absolute Gasteiger partial charge is 0.443 e. The van der Waals surface area contributed by atoms with Crippen molar-refractivity contribution in [3.8, 4) is 22.4 Å². The number of benzene rings is 3. The summed E-state index contributed by atoms with van der Waals surface area (Å²) < 4.78 is 7.46. The van der Waals surface area contributed by atoms with Gasteiger partial charge in [-0.1, -0.05) is 42.8 Å². The molecule has 2 aliphatic heterocycles. The number of Topliss-reactive ketones (excluding diaryl/α,β-unsaturated/α-hetero) is 1. The highest BCUT2D eigenvalue weighted by atomic mass is 16.6. The number of hydrogen-bond donors (Lipinski definition) is 1. The molecule has 1 fully saturated rings. The predicted octanol–water partition coefficient (Wildman–Crippen LogP) is 7.19. The number of carbonyl (C=O) groups excluding carboxylic acids is 3. The van der Waals surface area contributed by atoms with Gasteiger partial charge in [0.1, 0.15) is 5.60 Å². The van der Waals surface area contributed by atoms with Gasteiger partial charge in [0.05, 0.1) is 16.8 Å². The van der Waals surface area contributed by atoms with E-state index in [0.29, 0.717) is 28.9 Å². The normalized spacial score (nSPS) is 15.5. The van der Waals surface area contributed by atoms with Gasteiger partial charge in [-0.3, -0.25) is 14.5 Å². The minimum Gasteiger partial charge on any atom is -0.443 e. The van der Waals surface area contributed by atoms with E-state index in [1.807, 2.05) is 63.2 Å². The van der Waals surface area contributed by atoms with Gasteiger partial charge in [-0.25, -0.2) is 9.36 Å². The molecule has 42 heavy (non-hydrogen) atoms. The topological polar surface area (TPSA) is 80.6 Å². The van der Waals surface area contributed by atoms with Gasteiger partial charge in [0.15, 0.2) is 5.78 Å². The van der Waals surface area contributed by atoms with Gasteiger partial charge in [0, 0.05) is 29.6 Å². The second-order valence-electron chi connectivity index (χ2n) is 12.4. The molecule has 1 N–H and O–H groups in total. The molecule has 0 saturated carbocycles. The SMILES string of the molecule is CC(=O)c1cccc(-c2ccc(-c3cc4cc(CN5CCCCC5)ccc4n3C(=O)OC(C)(C)C)c3c2CNC3=O)c1. The molecule has 0 spiro atoms. The van der Waals surface area contributed by atoms with E-state index >= 15 is 0 Å². The van der Waals surface area contributed by atoms with Gasteiger partial charge >= 0.3 is 6.09 Å². The van der Waals surface area contributed by atoms with Crippen LogP contribution in [0.4, 0.5) is 4.79 Å². The highest BCUT2D eigenvalue weighted by Gasteiger charge is 2.30. The number of hydrogen-bond acceptors (Lipinski definition) is 5. The molecule has 7 heteroatoms. The van der Waals surface area contributed by atoms with Crippen LogP contribution in [0.25, 0.3) is 33.3 Å². The Hall–Kier alpha value is -4.23. The van der Waals surface area contributed by atoms with Crippen molar-refractivity contribution in [3.63, 3.8) is 0 Å². The van der Waals surface area contributed by atoms with Gasteiger partial charge < -0.3 is 10.1 Å². The van der Waals surface area contributed by atoms with E-state index in [2.05, 4.69) is 22.3 Å². The van der Waals surface area contributed by atoms with Crippen molar-refractivity contribution in [1.29, 1.82) is 0 Å². The molecule has 0 radical (unpaired) electrons. The summed E-state index contributed by atoms with van der Waals surface area (Å²) in [6, 6.07) is 19.6. The Balaban J connectivity index is 1.50. The number of nitrogens with zero attached hydrogens (tertiary/aromatic N) is 2. The molecule has 7 nitrogen and oxygen atoms in total. The van der Waals surface area contributed by atoms with E-state index in [1.165, 1.54) is 24.8 Å². The fourth-order valence-corrected chi connectivity index (χ4v) is 6.18. The molecule has 3 aromatic carbocycles. The maximum atomic E-state index is 13.7. The molecule has 0 aliphatic carbocycles. The Morgan fingerprint density at radius 2 is 1.69 bits per heavy atom. The first-order valence-electron chi connectivity index (χ1n) is 14.7. The van der Waals surface area contributed by atoms with Crippen LogP contribution in [0.3, 0.4) is 0 Å². The lowest BCUT2D eigenvalue weighted by Gasteiger charge is -2.26. The van der Waals surface area contributed by atoms with Crippen molar-refractivity contribution in [2.24, 2.45) is 0 Å². The van der Waals surface area contributed by atoms with Crippen LogP contribution in [0, 0.1) is 0 Å². The van der Waals surface area contributed by atoms with Crippen LogP contribution in [-0.4, -0.2) is 45.9 Å². The summed E-state index contributed by atoms with van der Waals surface area (Å²) in [5.41, 5.74) is 6.31. The maximum absolute atomic E-state index is 13.7. The van der Waals surface area contributed by atoms with E-state index < -0.39 is 11.7 Å². The molecule has 0 bridgehead atoms. The zero-order valence-corrected chi connectivity index (χ0v) is 24.8. The first-order chi connectivity index (χ1) is 20.1. The number of piperidine rings is 1. The third-order valence-electron chi connectivity index (χ3n) is 8.12. The van der Waals surface area contributed by atoms with E-state index in [0.717, 1.165) is 47.2 Å². The van der Waals surface area contributed by atoms with Crippen LogP contribution in [0.2, 0.25) is 0 Å². The highest BCUT2D eigenvalue weighted by Crippen LogP contribution is 2.39. The molecule has 1 saturated heterocycles. The fraction of sp³-hybridized carbons (Fsp3) is 0.343. The molecule has 1 aromatic heterocycles. The van der Waals surface area contributed by atoms with Crippen LogP contribution in [0.1, 0.15) is 78.8 Å². The van der Waals surface area contributed by atoms with E-state index in [9.17, 15) is 14.4 Å². The second-order valence-corrected chi connectivity index (χ2v) is 12.4. The van der Waals surface area contributed by atoms with Gasteiger partial charge in [-0.2, -0.15) is 0 Å². The number of amides is 1. The average molecular weight is 564 g/mol. The Bertz CT molecular complexity index is 1720. The van der Waals surface area contributed by atoms with Crippen LogP contribution in [0.5, 0.6) is 0 Å². The van der Waals surface area contributed by atoms with E-state index in [-0.39, 0.29) is 11.7 Å². The van der Waals surface area contributed by atoms with Crippen molar-refractivity contribution >= 4 is 28.7 Å². The van der Waals surface area contributed by atoms with Crippen LogP contribution in [-0.2, 0) is 17.8 Å². The smallest absolute Gasteiger partial charge is 0.419 e. The lowest BCUT2D eigenvalue weighted by Crippen LogP contribution is -2.29. The Morgan fingerprint density at radius 1 is 0.929 bits per heavy atom. The lowest BCUT2D eigenvalue weighted by atomic mass is 9.91. The molecular weight excluding hydrogens is 526 g/mol. The van der Waals surface area contributed by atoms with Crippen LogP contribution in [0.15, 0.2) is 60.7 Å². The summed E-state index contributed by atoms with van der Waals surface area (Å²) in [5.74, 6) is -0.197. The Kier molecular flexibility index (Phi) is 7.23. The molecule has 2 aliphatic rings. The molecule has 3 heterocycles. The van der Waals surface area contributed by atoms with Crippen LogP contribution < -0.4 is 5.32 Å². The monoisotopic (exact) mass is 563 g/mol. The number of likely N-dealkylation sites (tertiary alicyclic amines) is 1. The molecular formula is C35H37N3O4. The van der Waals surface area contributed by atoms with Crippen LogP contribution >= 0.6 is 0 Å². The van der Waals surface area contributed by atoms with Crippen molar-refractivity contribution in [2.75, 3.05) is 13.1 Å². The summed E-state index contributed by atoms with van der Waals surface area (Å²) in [7, 11) is 0. The summed E-state index contributed by atoms with van der Waals surface area (Å²) in [5, 5.41) is 3.91. The summed E-state index contributed by atoms with van der Waals surface area (Å²) in [6.07, 6.45) is 3.26. The molecule has 6 rings (SSSR count). The maximum Gasteiger partial charge on any atom is 0.419 e. The first kappa shape index (κ1) is 27.9. The zero-order chi connectivity index (χ0) is 29.6. The number of aromatic nitrogens is 1. The second kappa shape index (κ2) is 10.9. The molecule has 1 amide bonds. The number of fused-ring (bicyclic) bond motifs is 2. The third-order valence-corrected chi connectivity index (χ3v) is 8.12. The summed E-state index contributed by atoms with van der Waals surface area (Å²) >= 11 is 0. The fourth-order valence-electron chi connectivity index (χ4n) is 6.18. The molecule has 0 atom stereocenters. The number of nitrogens with one attached hydrogen (secondary N) is 1. The van der Waals surface area contributed by atoms with Crippen molar-refractivity contribution in [1.82, 2.24) is 14.8 Å². The molecule has 4 aromatic rings. The van der Waals surface area contributed by atoms with Crippen molar-refractivity contribution in [2.45, 2.75) is 65.6 Å². The molecule has 0 unspecified atom stereocenters. The van der Waals surface area contributed by atoms with Crippen molar-refractivity contribution in [3.05, 3.63) is 82.9 Å². The van der Waals surface area contributed by atoms with E-state index in [1.54, 1.807) is 17.6 Å². The van der Waals surface area contributed by atoms with Crippen molar-refractivity contribution < 1.29 is 19.1 Å². The summed E-state index contributed by atoms with van der Waals surface area (Å²) in [6.45, 7) is 10.5. The zero-order valence-electron chi connectivity index (χ0n) is 24.8. The Morgan fingerprint density at radius 3 is 2.43 bits per heavy atom. The average Bonchev–Trinajstić information content (AvgIpc) is 3.53. The third kappa shape index (κ3) is 5.37. The van der Waals surface area contributed by atoms with Gasteiger partial charge in [-0.15, -0.1) is 0 Å².